The number of alkyl halides is 3. The van der Waals surface area contributed by atoms with Crippen LogP contribution in [0.25, 0.3) is 0 Å². The number of hydrogen-bond acceptors (Lipinski definition) is 5. The molecule has 1 aromatic carbocycles. The molecule has 0 bridgehead atoms. The third kappa shape index (κ3) is 5.45. The normalized spacial score (nSPS) is 19.6. The Bertz CT molecular complexity index is 969. The summed E-state index contributed by atoms with van der Waals surface area (Å²) < 4.78 is 44.9. The van der Waals surface area contributed by atoms with Crippen LogP contribution < -0.4 is 16.4 Å². The minimum absolute atomic E-state index is 0.0258. The predicted octanol–water partition coefficient (Wildman–Crippen LogP) is 3.57. The van der Waals surface area contributed by atoms with Gasteiger partial charge in [-0.05, 0) is 43.7 Å². The van der Waals surface area contributed by atoms with Crippen molar-refractivity contribution < 1.29 is 27.5 Å². The van der Waals surface area contributed by atoms with Crippen molar-refractivity contribution in [3.63, 3.8) is 0 Å². The Morgan fingerprint density at radius 1 is 1.29 bits per heavy atom. The number of carbonyl (C=O) groups excluding carboxylic acids is 2. The lowest BCUT2D eigenvalue weighted by atomic mass is 9.99. The summed E-state index contributed by atoms with van der Waals surface area (Å²) in [6, 6.07) is 6.05. The molecule has 11 heteroatoms. The van der Waals surface area contributed by atoms with Gasteiger partial charge in [-0.2, -0.15) is 13.2 Å². The van der Waals surface area contributed by atoms with E-state index in [4.69, 9.17) is 22.1 Å². The number of pyridine rings is 1. The van der Waals surface area contributed by atoms with Gasteiger partial charge in [-0.1, -0.05) is 11.6 Å². The molecular formula is C20H20ClF3N4O3. The quantitative estimate of drug-likeness (QED) is 0.616. The first-order valence-corrected chi connectivity index (χ1v) is 9.75. The zero-order chi connectivity index (χ0) is 22.8. The molecule has 0 radical (unpaired) electrons. The second-order valence-electron chi connectivity index (χ2n) is 7.10. The highest BCUT2D eigenvalue weighted by Gasteiger charge is 2.38. The van der Waals surface area contributed by atoms with E-state index in [9.17, 15) is 22.8 Å². The van der Waals surface area contributed by atoms with Gasteiger partial charge in [0.1, 0.15) is 6.10 Å². The van der Waals surface area contributed by atoms with Crippen LogP contribution in [0.4, 0.5) is 24.5 Å². The molecule has 2 heterocycles. The molecule has 3 atom stereocenters. The summed E-state index contributed by atoms with van der Waals surface area (Å²) >= 11 is 5.69. The van der Waals surface area contributed by atoms with Gasteiger partial charge in [-0.15, -0.1) is 0 Å². The summed E-state index contributed by atoms with van der Waals surface area (Å²) in [5.41, 5.74) is 5.01. The van der Waals surface area contributed by atoms with Crippen molar-refractivity contribution in [3.05, 3.63) is 52.8 Å². The lowest BCUT2D eigenvalue weighted by Gasteiger charge is -2.19. The van der Waals surface area contributed by atoms with Crippen LogP contribution in [-0.2, 0) is 20.5 Å². The van der Waals surface area contributed by atoms with Crippen molar-refractivity contribution in [1.82, 2.24) is 10.3 Å². The molecule has 1 fully saturated rings. The fraction of sp³-hybridized carbons (Fsp3) is 0.350. The van der Waals surface area contributed by atoms with E-state index in [1.54, 1.807) is 19.1 Å². The Morgan fingerprint density at radius 3 is 2.65 bits per heavy atom. The zero-order valence-electron chi connectivity index (χ0n) is 16.4. The van der Waals surface area contributed by atoms with Crippen LogP contribution in [0, 0.1) is 5.92 Å². The number of anilines is 2. The first-order valence-electron chi connectivity index (χ1n) is 9.37. The number of rotatable bonds is 6. The molecule has 1 aromatic heterocycles. The fourth-order valence-corrected chi connectivity index (χ4v) is 3.46. The zero-order valence-corrected chi connectivity index (χ0v) is 17.1. The molecule has 0 spiro atoms. The summed E-state index contributed by atoms with van der Waals surface area (Å²) in [6.07, 6.45) is -3.80. The number of nitrogens with two attached hydrogens (primary N) is 1. The van der Waals surface area contributed by atoms with Crippen molar-refractivity contribution in [1.29, 1.82) is 0 Å². The summed E-state index contributed by atoms with van der Waals surface area (Å²) in [5.74, 6) is -1.75. The summed E-state index contributed by atoms with van der Waals surface area (Å²) in [4.78, 5) is 28.0. The van der Waals surface area contributed by atoms with Gasteiger partial charge >= 0.3 is 6.18 Å². The number of benzene rings is 1. The molecule has 0 saturated carbocycles. The highest BCUT2D eigenvalue weighted by atomic mass is 35.5. The second-order valence-corrected chi connectivity index (χ2v) is 7.54. The first-order chi connectivity index (χ1) is 14.6. The number of halogens is 4. The van der Waals surface area contributed by atoms with E-state index in [1.807, 2.05) is 0 Å². The van der Waals surface area contributed by atoms with Gasteiger partial charge in [0, 0.05) is 11.6 Å². The minimum atomic E-state index is -4.58. The average Bonchev–Trinajstić information content (AvgIpc) is 3.19. The SMILES string of the molecule is CC(NC(=O)C1CCOC1C(N)=O)c1ccc(Nc2ccc(Cl)cc2C(F)(F)F)cn1. The van der Waals surface area contributed by atoms with E-state index < -0.39 is 35.7 Å². The van der Waals surface area contributed by atoms with Crippen LogP contribution in [0.3, 0.4) is 0 Å². The van der Waals surface area contributed by atoms with E-state index in [0.717, 1.165) is 6.07 Å². The standard InChI is InChI=1S/C20H20ClF3N4O3/c1-10(27-19(30)13-6-7-31-17(13)18(25)29)15-5-3-12(9-26-15)28-16-4-2-11(21)8-14(16)20(22,23)24/h2-5,8-10,13,17,28H,6-7H2,1H3,(H2,25,29)(H,27,30). The number of nitrogens with zero attached hydrogens (tertiary/aromatic N) is 1. The van der Waals surface area contributed by atoms with Gasteiger partial charge in [0.05, 0.1) is 40.8 Å². The topological polar surface area (TPSA) is 106 Å². The maximum absolute atomic E-state index is 13.2. The van der Waals surface area contributed by atoms with Crippen LogP contribution in [0.15, 0.2) is 36.5 Å². The van der Waals surface area contributed by atoms with Crippen molar-refractivity contribution in [2.75, 3.05) is 11.9 Å². The number of ether oxygens (including phenoxy) is 1. The van der Waals surface area contributed by atoms with Crippen molar-refractivity contribution in [3.8, 4) is 0 Å². The molecule has 31 heavy (non-hydrogen) atoms. The van der Waals surface area contributed by atoms with Gasteiger partial charge in [-0.3, -0.25) is 14.6 Å². The number of hydrogen-bond donors (Lipinski definition) is 3. The smallest absolute Gasteiger partial charge is 0.368 e. The van der Waals surface area contributed by atoms with Gasteiger partial charge < -0.3 is 21.1 Å². The Hall–Kier alpha value is -2.85. The Labute approximate surface area is 181 Å². The summed E-state index contributed by atoms with van der Waals surface area (Å²) in [6.45, 7) is 1.96. The van der Waals surface area contributed by atoms with Crippen molar-refractivity contribution in [2.45, 2.75) is 31.7 Å². The molecule has 1 aliphatic heterocycles. The van der Waals surface area contributed by atoms with Crippen LogP contribution in [0.2, 0.25) is 5.02 Å². The Morgan fingerprint density at radius 2 is 2.03 bits per heavy atom. The second kappa shape index (κ2) is 9.11. The van der Waals surface area contributed by atoms with Crippen LogP contribution >= 0.6 is 11.6 Å². The largest absolute Gasteiger partial charge is 0.418 e. The number of primary amides is 1. The molecule has 1 aliphatic rings. The molecule has 0 aliphatic carbocycles. The van der Waals surface area contributed by atoms with Gasteiger partial charge in [0.15, 0.2) is 0 Å². The van der Waals surface area contributed by atoms with Crippen molar-refractivity contribution >= 4 is 34.8 Å². The van der Waals surface area contributed by atoms with Gasteiger partial charge in [0.2, 0.25) is 11.8 Å². The summed E-state index contributed by atoms with van der Waals surface area (Å²) in [7, 11) is 0. The molecule has 3 rings (SSSR count). The molecule has 166 valence electrons. The molecular weight excluding hydrogens is 437 g/mol. The van der Waals surface area contributed by atoms with E-state index in [0.29, 0.717) is 17.8 Å². The number of nitrogens with one attached hydrogen (secondary N) is 2. The molecule has 7 nitrogen and oxygen atoms in total. The third-order valence-corrected chi connectivity index (χ3v) is 5.10. The monoisotopic (exact) mass is 456 g/mol. The lowest BCUT2D eigenvalue weighted by molar-refractivity contribution is -0.137. The highest BCUT2D eigenvalue weighted by molar-refractivity contribution is 6.30. The highest BCUT2D eigenvalue weighted by Crippen LogP contribution is 2.37. The van der Waals surface area contributed by atoms with E-state index >= 15 is 0 Å². The maximum Gasteiger partial charge on any atom is 0.418 e. The number of amides is 2. The van der Waals surface area contributed by atoms with E-state index in [2.05, 4.69) is 15.6 Å². The van der Waals surface area contributed by atoms with Crippen LogP contribution in [0.5, 0.6) is 0 Å². The van der Waals surface area contributed by atoms with E-state index in [1.165, 1.54) is 18.3 Å². The fourth-order valence-electron chi connectivity index (χ4n) is 3.28. The maximum atomic E-state index is 13.2. The Kier molecular flexibility index (Phi) is 6.71. The molecule has 1 saturated heterocycles. The first kappa shape index (κ1) is 22.8. The number of aromatic nitrogens is 1. The Balaban J connectivity index is 1.68. The molecule has 2 aromatic rings. The van der Waals surface area contributed by atoms with Gasteiger partial charge in [0.25, 0.3) is 0 Å². The van der Waals surface area contributed by atoms with E-state index in [-0.39, 0.29) is 23.2 Å². The summed E-state index contributed by atoms with van der Waals surface area (Å²) in [5, 5.41) is 5.41. The molecule has 4 N–H and O–H groups in total. The van der Waals surface area contributed by atoms with Crippen LogP contribution in [-0.4, -0.2) is 29.5 Å². The lowest BCUT2D eigenvalue weighted by Crippen LogP contribution is -2.42. The number of carbonyl (C=O) groups is 2. The molecule has 3 unspecified atom stereocenters. The molecule has 2 amide bonds. The van der Waals surface area contributed by atoms with Crippen LogP contribution in [0.1, 0.15) is 30.6 Å². The van der Waals surface area contributed by atoms with Gasteiger partial charge in [-0.25, -0.2) is 0 Å². The minimum Gasteiger partial charge on any atom is -0.368 e. The third-order valence-electron chi connectivity index (χ3n) is 4.86. The predicted molar refractivity (Wildman–Crippen MR) is 108 cm³/mol. The average molecular weight is 457 g/mol. The van der Waals surface area contributed by atoms with Crippen molar-refractivity contribution in [2.24, 2.45) is 11.7 Å².